The number of hydrogen-bond donors (Lipinski definition) is 2. The number of aryl methyl sites for hydroxylation is 2. The molecule has 1 aliphatic carbocycles. The first-order valence-electron chi connectivity index (χ1n) is 10.5. The van der Waals surface area contributed by atoms with Crippen LogP contribution in [0.5, 0.6) is 5.75 Å². The number of nitrogens with one attached hydrogen (secondary N) is 2. The highest BCUT2D eigenvalue weighted by atomic mass is 35.5. The normalized spacial score (nSPS) is 20.6. The zero-order valence-corrected chi connectivity index (χ0v) is 18.8. The fourth-order valence-corrected chi connectivity index (χ4v) is 4.67. The molecule has 0 bridgehead atoms. The van der Waals surface area contributed by atoms with Gasteiger partial charge in [0.15, 0.2) is 5.15 Å². The minimum Gasteiger partial charge on any atom is -0.496 e. The van der Waals surface area contributed by atoms with E-state index in [1.165, 1.54) is 0 Å². The Kier molecular flexibility index (Phi) is 6.05. The van der Waals surface area contributed by atoms with Crippen LogP contribution in [0.1, 0.15) is 42.4 Å². The van der Waals surface area contributed by atoms with Gasteiger partial charge in [0.2, 0.25) is 5.91 Å². The molecule has 2 aromatic rings. The highest BCUT2D eigenvalue weighted by Crippen LogP contribution is 2.36. The number of ether oxygens (including phenoxy) is 1. The predicted octanol–water partition coefficient (Wildman–Crippen LogP) is 4.91. The summed E-state index contributed by atoms with van der Waals surface area (Å²) in [5, 5.41) is 6.23. The van der Waals surface area contributed by atoms with Crippen molar-refractivity contribution < 1.29 is 14.3 Å². The average Bonchev–Trinajstić information content (AvgIpc) is 2.77. The number of carbonyl (C=O) groups is 2. The first-order chi connectivity index (χ1) is 14.9. The van der Waals surface area contributed by atoms with E-state index in [1.807, 2.05) is 36.9 Å². The van der Waals surface area contributed by atoms with E-state index in [0.717, 1.165) is 53.8 Å². The van der Waals surface area contributed by atoms with E-state index in [2.05, 4.69) is 15.6 Å². The number of benzene rings is 1. The van der Waals surface area contributed by atoms with Gasteiger partial charge in [-0.1, -0.05) is 17.7 Å². The Balaban J connectivity index is 1.38. The molecule has 2 N–H and O–H groups in total. The summed E-state index contributed by atoms with van der Waals surface area (Å²) in [5.74, 6) is 0.707. The van der Waals surface area contributed by atoms with Gasteiger partial charge >= 0.3 is 6.03 Å². The quantitative estimate of drug-likeness (QED) is 0.659. The second-order valence-electron chi connectivity index (χ2n) is 8.32. The van der Waals surface area contributed by atoms with Crippen molar-refractivity contribution in [1.82, 2.24) is 9.88 Å². The Labute approximate surface area is 187 Å². The topological polar surface area (TPSA) is 83.6 Å². The van der Waals surface area contributed by atoms with E-state index in [9.17, 15) is 9.59 Å². The van der Waals surface area contributed by atoms with Crippen molar-refractivity contribution in [2.75, 3.05) is 17.7 Å². The number of anilines is 2. The van der Waals surface area contributed by atoms with E-state index in [0.29, 0.717) is 17.4 Å². The van der Waals surface area contributed by atoms with Gasteiger partial charge in [-0.15, -0.1) is 0 Å². The smallest absolute Gasteiger partial charge is 0.322 e. The van der Waals surface area contributed by atoms with E-state index >= 15 is 0 Å². The molecule has 1 aromatic carbocycles. The molecule has 0 spiro atoms. The Hall–Kier alpha value is -2.80. The molecule has 7 nitrogen and oxygen atoms in total. The maximum atomic E-state index is 12.8. The maximum Gasteiger partial charge on any atom is 0.322 e. The largest absolute Gasteiger partial charge is 0.496 e. The molecule has 0 atom stereocenters. The van der Waals surface area contributed by atoms with Crippen molar-refractivity contribution in [1.29, 1.82) is 0 Å². The zero-order valence-electron chi connectivity index (χ0n) is 18.0. The van der Waals surface area contributed by atoms with Crippen LogP contribution in [0, 0.1) is 19.8 Å². The molecule has 8 heteroatoms. The van der Waals surface area contributed by atoms with Crippen molar-refractivity contribution in [2.24, 2.45) is 5.92 Å². The Morgan fingerprint density at radius 1 is 1.23 bits per heavy atom. The van der Waals surface area contributed by atoms with Crippen LogP contribution in [0.25, 0.3) is 0 Å². The lowest BCUT2D eigenvalue weighted by atomic mass is 9.84. The van der Waals surface area contributed by atoms with Crippen LogP contribution >= 0.6 is 11.6 Å². The van der Waals surface area contributed by atoms with Gasteiger partial charge in [-0.25, -0.2) is 9.78 Å². The Bertz CT molecular complexity index is 1020. The lowest BCUT2D eigenvalue weighted by Crippen LogP contribution is -2.47. The molecule has 0 unspecified atom stereocenters. The van der Waals surface area contributed by atoms with Crippen molar-refractivity contribution in [3.8, 4) is 5.75 Å². The molecule has 0 radical (unpaired) electrons. The number of pyridine rings is 1. The highest BCUT2D eigenvalue weighted by Gasteiger charge is 2.35. The third kappa shape index (κ3) is 4.32. The molecule has 3 amide bonds. The second-order valence-corrected chi connectivity index (χ2v) is 8.68. The van der Waals surface area contributed by atoms with Gasteiger partial charge in [-0.05, 0) is 56.7 Å². The number of fused-ring (bicyclic) bond motifs is 1. The van der Waals surface area contributed by atoms with Crippen molar-refractivity contribution in [2.45, 2.75) is 52.1 Å². The first-order valence-corrected chi connectivity index (χ1v) is 10.9. The summed E-state index contributed by atoms with van der Waals surface area (Å²) in [4.78, 5) is 31.5. The van der Waals surface area contributed by atoms with E-state index in [4.69, 9.17) is 16.3 Å². The van der Waals surface area contributed by atoms with Crippen LogP contribution in [-0.4, -0.2) is 35.0 Å². The van der Waals surface area contributed by atoms with Crippen LogP contribution in [0.4, 0.5) is 16.2 Å². The van der Waals surface area contributed by atoms with E-state index in [-0.39, 0.29) is 23.9 Å². The molecule has 164 valence electrons. The standard InChI is InChI=1S/C23H27ClN4O3/c1-13-4-7-16(10-19(13)31-3)26-22(29)15-5-8-17(9-6-15)28-12-18-14(2)11-25-21(24)20(18)27-23(28)30/h4,7,10-11,15,17H,5-6,8-9,12H2,1-3H3,(H,26,29)(H,27,30). The monoisotopic (exact) mass is 442 g/mol. The molecule has 1 aromatic heterocycles. The number of amides is 3. The molecular formula is C23H27ClN4O3. The van der Waals surface area contributed by atoms with Gasteiger partial charge in [-0.3, -0.25) is 4.79 Å². The number of hydrogen-bond acceptors (Lipinski definition) is 4. The summed E-state index contributed by atoms with van der Waals surface area (Å²) in [6, 6.07) is 5.61. The summed E-state index contributed by atoms with van der Waals surface area (Å²) in [7, 11) is 1.62. The molecule has 1 aliphatic heterocycles. The average molecular weight is 443 g/mol. The fraction of sp³-hybridized carbons (Fsp3) is 0.435. The highest BCUT2D eigenvalue weighted by molar-refractivity contribution is 6.32. The SMILES string of the molecule is COc1cc(NC(=O)C2CCC(N3Cc4c(C)cnc(Cl)c4NC3=O)CC2)ccc1C. The molecule has 4 rings (SSSR count). The number of carbonyl (C=O) groups excluding carboxylic acids is 2. The second kappa shape index (κ2) is 8.75. The summed E-state index contributed by atoms with van der Waals surface area (Å²) in [6.07, 6.45) is 4.79. The number of halogens is 1. The number of nitrogens with zero attached hydrogens (tertiary/aromatic N) is 2. The summed E-state index contributed by atoms with van der Waals surface area (Å²) in [5.41, 5.74) is 4.39. The summed E-state index contributed by atoms with van der Waals surface area (Å²) >= 11 is 6.16. The number of aromatic nitrogens is 1. The van der Waals surface area contributed by atoms with Crippen LogP contribution in [0.3, 0.4) is 0 Å². The molecule has 0 saturated heterocycles. The molecule has 2 aliphatic rings. The van der Waals surface area contributed by atoms with E-state index in [1.54, 1.807) is 13.3 Å². The van der Waals surface area contributed by atoms with Gasteiger partial charge in [0.05, 0.1) is 19.3 Å². The molecular weight excluding hydrogens is 416 g/mol. The predicted molar refractivity (Wildman–Crippen MR) is 121 cm³/mol. The van der Waals surface area contributed by atoms with Crippen LogP contribution in [0.2, 0.25) is 5.15 Å². The van der Waals surface area contributed by atoms with Crippen molar-refractivity contribution in [3.05, 3.63) is 46.2 Å². The summed E-state index contributed by atoms with van der Waals surface area (Å²) in [6.45, 7) is 4.45. The van der Waals surface area contributed by atoms with Crippen molar-refractivity contribution in [3.63, 3.8) is 0 Å². The Morgan fingerprint density at radius 3 is 2.68 bits per heavy atom. The van der Waals surface area contributed by atoms with Gasteiger partial charge in [0, 0.05) is 35.5 Å². The minimum absolute atomic E-state index is 0.0199. The third-order valence-corrected chi connectivity index (χ3v) is 6.65. The summed E-state index contributed by atoms with van der Waals surface area (Å²) < 4.78 is 5.34. The Morgan fingerprint density at radius 2 is 1.97 bits per heavy atom. The number of rotatable bonds is 4. The van der Waals surface area contributed by atoms with Gasteiger partial charge in [0.25, 0.3) is 0 Å². The minimum atomic E-state index is -0.151. The van der Waals surface area contributed by atoms with Gasteiger partial charge in [0.1, 0.15) is 5.75 Å². The van der Waals surface area contributed by atoms with Gasteiger partial charge in [-0.2, -0.15) is 0 Å². The van der Waals surface area contributed by atoms with Crippen molar-refractivity contribution >= 4 is 34.9 Å². The first kappa shape index (κ1) is 21.4. The number of methoxy groups -OCH3 is 1. The third-order valence-electron chi connectivity index (χ3n) is 6.36. The molecule has 31 heavy (non-hydrogen) atoms. The van der Waals surface area contributed by atoms with Gasteiger partial charge < -0.3 is 20.3 Å². The van der Waals surface area contributed by atoms with E-state index < -0.39 is 0 Å². The fourth-order valence-electron chi connectivity index (χ4n) is 4.46. The number of urea groups is 1. The van der Waals surface area contributed by atoms with Crippen LogP contribution in [-0.2, 0) is 11.3 Å². The maximum absolute atomic E-state index is 12.8. The lowest BCUT2D eigenvalue weighted by Gasteiger charge is -2.39. The molecule has 2 heterocycles. The van der Waals surface area contributed by atoms with Crippen LogP contribution < -0.4 is 15.4 Å². The lowest BCUT2D eigenvalue weighted by molar-refractivity contribution is -0.121. The van der Waals surface area contributed by atoms with Crippen LogP contribution in [0.15, 0.2) is 24.4 Å². The zero-order chi connectivity index (χ0) is 22.1. The molecule has 1 saturated carbocycles. The molecule has 1 fully saturated rings.